The summed E-state index contributed by atoms with van der Waals surface area (Å²) in [6.45, 7) is 1.67. The van der Waals surface area contributed by atoms with Crippen molar-refractivity contribution in [2.45, 2.75) is 48.8 Å². The molecule has 2 fully saturated rings. The molecule has 0 aromatic heterocycles. The van der Waals surface area contributed by atoms with Crippen LogP contribution in [0.15, 0.2) is 29.2 Å². The maximum atomic E-state index is 12.8. The van der Waals surface area contributed by atoms with Crippen LogP contribution in [-0.4, -0.2) is 24.0 Å². The molecule has 3 N–H and O–H groups in total. The average molecular weight is 399 g/mol. The molecule has 2 atom stereocenters. The van der Waals surface area contributed by atoms with E-state index in [1.165, 1.54) is 0 Å². The number of amides is 2. The number of hydrogen-bond acceptors (Lipinski definition) is 3. The zero-order valence-electron chi connectivity index (χ0n) is 13.7. The van der Waals surface area contributed by atoms with Crippen LogP contribution in [0.5, 0.6) is 0 Å². The Balaban J connectivity index is 1.75. The third-order valence-corrected chi connectivity index (χ3v) is 5.66. The van der Waals surface area contributed by atoms with Gasteiger partial charge in [-0.05, 0) is 37.5 Å². The normalized spacial score (nSPS) is 27.7. The largest absolute Gasteiger partial charge is 0.345 e. The highest BCUT2D eigenvalue weighted by Gasteiger charge is 2.65. The van der Waals surface area contributed by atoms with Crippen molar-refractivity contribution in [1.29, 1.82) is 0 Å². The quantitative estimate of drug-likeness (QED) is 0.681. The Morgan fingerprint density at radius 2 is 1.73 bits per heavy atom. The van der Waals surface area contributed by atoms with E-state index in [2.05, 4.69) is 16.0 Å². The molecule has 26 heavy (non-hydrogen) atoms. The minimum absolute atomic E-state index is 0.0601. The Bertz CT molecular complexity index is 762. The third-order valence-electron chi connectivity index (χ3n) is 4.50. The van der Waals surface area contributed by atoms with E-state index in [0.29, 0.717) is 30.5 Å². The van der Waals surface area contributed by atoms with Gasteiger partial charge in [0.25, 0.3) is 0 Å². The molecule has 1 aliphatic carbocycles. The van der Waals surface area contributed by atoms with E-state index in [-0.39, 0.29) is 18.5 Å². The van der Waals surface area contributed by atoms with Crippen LogP contribution in [0.25, 0.3) is 0 Å². The molecule has 146 valence electrons. The number of benzene rings is 1. The minimum atomic E-state index is -9.72. The van der Waals surface area contributed by atoms with E-state index in [4.69, 9.17) is 0 Å². The highest BCUT2D eigenvalue weighted by molar-refractivity contribution is 8.45. The van der Waals surface area contributed by atoms with Gasteiger partial charge < -0.3 is 10.6 Å². The van der Waals surface area contributed by atoms with E-state index >= 15 is 0 Å². The number of halogens is 5. The van der Waals surface area contributed by atoms with Crippen molar-refractivity contribution in [3.63, 3.8) is 0 Å². The number of rotatable bonds is 4. The van der Waals surface area contributed by atoms with Gasteiger partial charge in [-0.2, -0.15) is 0 Å². The fraction of sp³-hybridized carbons (Fsp3) is 0.467. The molecular formula is C15H18F5N3O2S. The number of hydrogen-bond donors (Lipinski definition) is 3. The van der Waals surface area contributed by atoms with E-state index in [9.17, 15) is 29.0 Å². The second kappa shape index (κ2) is 5.10. The Morgan fingerprint density at radius 3 is 2.19 bits per heavy atom. The van der Waals surface area contributed by atoms with Crippen LogP contribution < -0.4 is 16.0 Å². The topological polar surface area (TPSA) is 70.2 Å². The molecule has 3 rings (SSSR count). The summed E-state index contributed by atoms with van der Waals surface area (Å²) < 4.78 is 64.0. The summed E-state index contributed by atoms with van der Waals surface area (Å²) >= 11 is 0. The second-order valence-corrected chi connectivity index (χ2v) is 9.19. The molecule has 1 saturated heterocycles. The van der Waals surface area contributed by atoms with Crippen LogP contribution in [0.4, 0.5) is 19.4 Å². The SMILES string of the molecule is CC1NC(=O)CC(C(=O)NC2(c3ccc(S(F)(F)(F)(F)F)cc3)CC2)N1. The summed E-state index contributed by atoms with van der Waals surface area (Å²) in [6, 6.07) is 1.85. The maximum Gasteiger partial charge on any atom is 0.310 e. The van der Waals surface area contributed by atoms with Crippen molar-refractivity contribution in [2.24, 2.45) is 0 Å². The van der Waals surface area contributed by atoms with Gasteiger partial charge in [-0.3, -0.25) is 14.9 Å². The Hall–Kier alpha value is -1.88. The van der Waals surface area contributed by atoms with Crippen LogP contribution in [0.2, 0.25) is 0 Å². The molecule has 0 spiro atoms. The number of carbonyl (C=O) groups excluding carboxylic acids is 2. The Labute approximate surface area is 146 Å². The molecule has 1 aromatic rings. The van der Waals surface area contributed by atoms with Crippen LogP contribution in [0, 0.1) is 0 Å². The lowest BCUT2D eigenvalue weighted by Gasteiger charge is -2.40. The minimum Gasteiger partial charge on any atom is -0.345 e. The van der Waals surface area contributed by atoms with Crippen molar-refractivity contribution in [3.05, 3.63) is 29.8 Å². The molecule has 5 nitrogen and oxygen atoms in total. The molecule has 0 bridgehead atoms. The third kappa shape index (κ3) is 3.93. The Kier molecular flexibility index (Phi) is 3.70. The first-order valence-corrected chi connectivity index (χ1v) is 9.86. The van der Waals surface area contributed by atoms with E-state index in [1.54, 1.807) is 6.92 Å². The lowest BCUT2D eigenvalue weighted by molar-refractivity contribution is -0.132. The molecule has 1 heterocycles. The van der Waals surface area contributed by atoms with Gasteiger partial charge in [0.05, 0.1) is 24.2 Å². The lowest BCUT2D eigenvalue weighted by atomic mass is 10.0. The average Bonchev–Trinajstić information content (AvgIpc) is 3.25. The van der Waals surface area contributed by atoms with E-state index in [0.717, 1.165) is 12.1 Å². The highest BCUT2D eigenvalue weighted by Crippen LogP contribution is 3.02. The molecule has 2 amide bonds. The summed E-state index contributed by atoms with van der Waals surface area (Å²) in [4.78, 5) is 22.0. The predicted molar refractivity (Wildman–Crippen MR) is 86.0 cm³/mol. The summed E-state index contributed by atoms with van der Waals surface area (Å²) in [5.74, 6) is -0.748. The summed E-state index contributed by atoms with van der Waals surface area (Å²) in [5.41, 5.74) is -0.559. The summed E-state index contributed by atoms with van der Waals surface area (Å²) in [6.07, 6.45) is 0.500. The maximum absolute atomic E-state index is 12.8. The van der Waals surface area contributed by atoms with Gasteiger partial charge in [0.1, 0.15) is 4.90 Å². The first kappa shape index (κ1) is 18.9. The van der Waals surface area contributed by atoms with Gasteiger partial charge in [-0.15, -0.1) is 0 Å². The number of carbonyl (C=O) groups is 2. The summed E-state index contributed by atoms with van der Waals surface area (Å²) in [7, 11) is -9.72. The highest BCUT2D eigenvalue weighted by atomic mass is 32.5. The molecule has 1 saturated carbocycles. The fourth-order valence-corrected chi connectivity index (χ4v) is 3.67. The van der Waals surface area contributed by atoms with Gasteiger partial charge in [-0.1, -0.05) is 31.6 Å². The van der Waals surface area contributed by atoms with E-state index in [1.807, 2.05) is 0 Å². The van der Waals surface area contributed by atoms with Gasteiger partial charge in [0.15, 0.2) is 0 Å². The fourth-order valence-electron chi connectivity index (χ4n) is 3.02. The second-order valence-electron chi connectivity index (χ2n) is 6.78. The van der Waals surface area contributed by atoms with E-state index < -0.39 is 32.6 Å². The van der Waals surface area contributed by atoms with Gasteiger partial charge >= 0.3 is 10.2 Å². The van der Waals surface area contributed by atoms with Crippen molar-refractivity contribution in [2.75, 3.05) is 0 Å². The molecule has 2 unspecified atom stereocenters. The van der Waals surface area contributed by atoms with Gasteiger partial charge in [0.2, 0.25) is 11.8 Å². The molecule has 2 aliphatic rings. The number of nitrogens with one attached hydrogen (secondary N) is 3. The van der Waals surface area contributed by atoms with Crippen molar-refractivity contribution in [3.8, 4) is 0 Å². The van der Waals surface area contributed by atoms with Crippen molar-refractivity contribution in [1.82, 2.24) is 16.0 Å². The van der Waals surface area contributed by atoms with Crippen LogP contribution in [-0.2, 0) is 15.1 Å². The molecule has 1 aromatic carbocycles. The van der Waals surface area contributed by atoms with Crippen LogP contribution >= 0.6 is 10.2 Å². The first-order valence-electron chi connectivity index (χ1n) is 7.91. The van der Waals surface area contributed by atoms with Gasteiger partial charge in [-0.25, -0.2) is 0 Å². The van der Waals surface area contributed by atoms with Crippen LogP contribution in [0.3, 0.4) is 0 Å². The Morgan fingerprint density at radius 1 is 1.15 bits per heavy atom. The van der Waals surface area contributed by atoms with Crippen molar-refractivity contribution < 1.29 is 29.0 Å². The molecule has 0 radical (unpaired) electrons. The predicted octanol–water partition coefficient (Wildman–Crippen LogP) is 3.27. The molecule has 1 aliphatic heterocycles. The zero-order valence-corrected chi connectivity index (χ0v) is 14.5. The van der Waals surface area contributed by atoms with Crippen LogP contribution in [0.1, 0.15) is 31.7 Å². The zero-order chi connectivity index (χ0) is 19.4. The van der Waals surface area contributed by atoms with Gasteiger partial charge in [0, 0.05) is 0 Å². The smallest absolute Gasteiger partial charge is 0.310 e. The lowest BCUT2D eigenvalue weighted by Crippen LogP contribution is -2.60. The van der Waals surface area contributed by atoms with Crippen molar-refractivity contribution >= 4 is 22.0 Å². The standard InChI is InChI=1S/C15H18F5N3O2S/c1-9-21-12(8-13(24)22-9)14(25)23-15(6-7-15)10-2-4-11(5-3-10)26(16,17,18,19)20/h2-5,9,12,21H,6-8H2,1H3,(H,22,24)(H,23,25). The molecule has 11 heteroatoms. The summed E-state index contributed by atoms with van der Waals surface area (Å²) in [5, 5.41) is 8.23. The first-order chi connectivity index (χ1) is 11.7. The monoisotopic (exact) mass is 399 g/mol. The molecular weight excluding hydrogens is 381 g/mol.